The average Bonchev–Trinajstić information content (AvgIpc) is 3.18. The van der Waals surface area contributed by atoms with Crippen LogP contribution in [0.4, 0.5) is 5.69 Å². The molecule has 1 saturated heterocycles. The van der Waals surface area contributed by atoms with Gasteiger partial charge >= 0.3 is 0 Å². The highest BCUT2D eigenvalue weighted by Crippen LogP contribution is 2.38. The highest BCUT2D eigenvalue weighted by atomic mass is 79.9. The maximum atomic E-state index is 11.9. The standard InChI is InChI=1S/C15H19BrN2O2/c16-11-3-5-12(6-4-11)18-14(19)9-17-13-7-8-20-15(13)10-1-2-10/h3-6,10,13,15,17H,1-2,7-9H2,(H,18,19). The Balaban J connectivity index is 1.45. The zero-order chi connectivity index (χ0) is 13.9. The molecule has 1 amide bonds. The Bertz CT molecular complexity index is 473. The largest absolute Gasteiger partial charge is 0.376 e. The van der Waals surface area contributed by atoms with Crippen LogP contribution in [-0.4, -0.2) is 31.2 Å². The van der Waals surface area contributed by atoms with Gasteiger partial charge in [0.25, 0.3) is 0 Å². The molecule has 0 bridgehead atoms. The summed E-state index contributed by atoms with van der Waals surface area (Å²) in [6, 6.07) is 7.92. The number of amides is 1. The molecule has 2 N–H and O–H groups in total. The van der Waals surface area contributed by atoms with Gasteiger partial charge in [0.15, 0.2) is 0 Å². The number of carbonyl (C=O) groups excluding carboxylic acids is 1. The fourth-order valence-corrected chi connectivity index (χ4v) is 2.95. The summed E-state index contributed by atoms with van der Waals surface area (Å²) >= 11 is 3.37. The first-order valence-electron chi connectivity index (χ1n) is 7.13. The van der Waals surface area contributed by atoms with Crippen LogP contribution in [0.15, 0.2) is 28.7 Å². The number of ether oxygens (including phenoxy) is 1. The van der Waals surface area contributed by atoms with E-state index in [-0.39, 0.29) is 5.91 Å². The van der Waals surface area contributed by atoms with E-state index in [9.17, 15) is 4.79 Å². The Morgan fingerprint density at radius 2 is 2.00 bits per heavy atom. The monoisotopic (exact) mass is 338 g/mol. The third kappa shape index (κ3) is 3.59. The molecular formula is C15H19BrN2O2. The van der Waals surface area contributed by atoms with Crippen LogP contribution in [0.3, 0.4) is 0 Å². The van der Waals surface area contributed by atoms with Crippen molar-refractivity contribution in [1.29, 1.82) is 0 Å². The van der Waals surface area contributed by atoms with Gasteiger partial charge in [-0.3, -0.25) is 4.79 Å². The van der Waals surface area contributed by atoms with Gasteiger partial charge in [-0.15, -0.1) is 0 Å². The molecule has 4 nitrogen and oxygen atoms in total. The van der Waals surface area contributed by atoms with Crippen molar-refractivity contribution in [1.82, 2.24) is 5.32 Å². The third-order valence-electron chi connectivity index (χ3n) is 3.88. The molecule has 1 heterocycles. The molecule has 3 rings (SSSR count). The molecule has 0 spiro atoms. The van der Waals surface area contributed by atoms with Crippen molar-refractivity contribution in [2.24, 2.45) is 5.92 Å². The lowest BCUT2D eigenvalue weighted by Gasteiger charge is -2.19. The minimum absolute atomic E-state index is 0.00577. The van der Waals surface area contributed by atoms with Crippen LogP contribution >= 0.6 is 15.9 Å². The van der Waals surface area contributed by atoms with E-state index in [1.807, 2.05) is 24.3 Å². The van der Waals surface area contributed by atoms with Crippen molar-refractivity contribution in [3.05, 3.63) is 28.7 Å². The molecule has 1 saturated carbocycles. The van der Waals surface area contributed by atoms with Gasteiger partial charge in [-0.2, -0.15) is 0 Å². The van der Waals surface area contributed by atoms with Gasteiger partial charge in [0, 0.05) is 22.8 Å². The van der Waals surface area contributed by atoms with Gasteiger partial charge < -0.3 is 15.4 Å². The maximum absolute atomic E-state index is 11.9. The second-order valence-corrected chi connectivity index (χ2v) is 6.42. The van der Waals surface area contributed by atoms with E-state index in [4.69, 9.17) is 4.74 Å². The summed E-state index contributed by atoms with van der Waals surface area (Å²) in [5, 5.41) is 6.23. The Kier molecular flexibility index (Phi) is 4.38. The van der Waals surface area contributed by atoms with E-state index in [2.05, 4.69) is 26.6 Å². The molecule has 1 aromatic carbocycles. The molecule has 108 valence electrons. The van der Waals surface area contributed by atoms with Gasteiger partial charge in [0.05, 0.1) is 12.6 Å². The Morgan fingerprint density at radius 3 is 2.70 bits per heavy atom. The number of carbonyl (C=O) groups is 1. The molecule has 0 aromatic heterocycles. The summed E-state index contributed by atoms with van der Waals surface area (Å²) in [4.78, 5) is 11.9. The van der Waals surface area contributed by atoms with Crippen LogP contribution in [0.25, 0.3) is 0 Å². The predicted molar refractivity (Wildman–Crippen MR) is 81.6 cm³/mol. The molecule has 2 unspecified atom stereocenters. The Morgan fingerprint density at radius 1 is 1.25 bits per heavy atom. The minimum atomic E-state index is -0.00577. The lowest BCUT2D eigenvalue weighted by Crippen LogP contribution is -2.41. The first-order valence-corrected chi connectivity index (χ1v) is 7.92. The lowest BCUT2D eigenvalue weighted by molar-refractivity contribution is -0.115. The highest BCUT2D eigenvalue weighted by molar-refractivity contribution is 9.10. The van der Waals surface area contributed by atoms with Crippen LogP contribution in [0.1, 0.15) is 19.3 Å². The van der Waals surface area contributed by atoms with E-state index >= 15 is 0 Å². The number of anilines is 1. The molecule has 0 radical (unpaired) electrons. The van der Waals surface area contributed by atoms with Crippen LogP contribution in [0, 0.1) is 5.92 Å². The van der Waals surface area contributed by atoms with E-state index in [0.29, 0.717) is 24.6 Å². The SMILES string of the molecule is O=C(CNC1CCOC1C1CC1)Nc1ccc(Br)cc1. The molecule has 1 aromatic rings. The number of hydrogen-bond donors (Lipinski definition) is 2. The van der Waals surface area contributed by atoms with Gasteiger partial charge in [-0.1, -0.05) is 15.9 Å². The lowest BCUT2D eigenvalue weighted by atomic mass is 10.1. The van der Waals surface area contributed by atoms with Crippen LogP contribution in [0.2, 0.25) is 0 Å². The summed E-state index contributed by atoms with van der Waals surface area (Å²) in [6.07, 6.45) is 3.87. The maximum Gasteiger partial charge on any atom is 0.238 e. The minimum Gasteiger partial charge on any atom is -0.376 e. The van der Waals surface area contributed by atoms with Crippen molar-refractivity contribution in [2.75, 3.05) is 18.5 Å². The molecule has 1 aliphatic carbocycles. The van der Waals surface area contributed by atoms with Crippen molar-refractivity contribution in [2.45, 2.75) is 31.4 Å². The molecular weight excluding hydrogens is 320 g/mol. The molecule has 5 heteroatoms. The Hall–Kier alpha value is -0.910. The van der Waals surface area contributed by atoms with Crippen molar-refractivity contribution < 1.29 is 9.53 Å². The van der Waals surface area contributed by atoms with Crippen molar-refractivity contribution >= 4 is 27.5 Å². The second kappa shape index (κ2) is 6.24. The summed E-state index contributed by atoms with van der Waals surface area (Å²) < 4.78 is 6.76. The van der Waals surface area contributed by atoms with Crippen LogP contribution < -0.4 is 10.6 Å². The summed E-state index contributed by atoms with van der Waals surface area (Å²) in [6.45, 7) is 1.15. The number of benzene rings is 1. The topological polar surface area (TPSA) is 50.4 Å². The number of hydrogen-bond acceptors (Lipinski definition) is 3. The number of rotatable bonds is 5. The number of halogens is 1. The van der Waals surface area contributed by atoms with E-state index in [0.717, 1.165) is 23.2 Å². The Labute approximate surface area is 127 Å². The molecule has 1 aliphatic heterocycles. The zero-order valence-electron chi connectivity index (χ0n) is 11.3. The van der Waals surface area contributed by atoms with Gasteiger partial charge in [-0.25, -0.2) is 0 Å². The fraction of sp³-hybridized carbons (Fsp3) is 0.533. The summed E-state index contributed by atoms with van der Waals surface area (Å²) in [7, 11) is 0. The summed E-state index contributed by atoms with van der Waals surface area (Å²) in [5.74, 6) is 0.707. The molecule has 2 aliphatic rings. The van der Waals surface area contributed by atoms with E-state index in [1.165, 1.54) is 12.8 Å². The first-order chi connectivity index (χ1) is 9.72. The second-order valence-electron chi connectivity index (χ2n) is 5.50. The van der Waals surface area contributed by atoms with Gasteiger partial charge in [-0.05, 0) is 49.4 Å². The zero-order valence-corrected chi connectivity index (χ0v) is 12.9. The van der Waals surface area contributed by atoms with E-state index in [1.54, 1.807) is 0 Å². The van der Waals surface area contributed by atoms with E-state index < -0.39 is 0 Å². The first kappa shape index (κ1) is 14.0. The van der Waals surface area contributed by atoms with Crippen LogP contribution in [-0.2, 0) is 9.53 Å². The molecule has 20 heavy (non-hydrogen) atoms. The normalized spacial score (nSPS) is 25.6. The molecule has 2 atom stereocenters. The smallest absolute Gasteiger partial charge is 0.238 e. The molecule has 2 fully saturated rings. The number of nitrogens with one attached hydrogen (secondary N) is 2. The van der Waals surface area contributed by atoms with Crippen molar-refractivity contribution in [3.63, 3.8) is 0 Å². The van der Waals surface area contributed by atoms with Crippen molar-refractivity contribution in [3.8, 4) is 0 Å². The van der Waals surface area contributed by atoms with Gasteiger partial charge in [0.1, 0.15) is 0 Å². The fourth-order valence-electron chi connectivity index (χ4n) is 2.68. The van der Waals surface area contributed by atoms with Crippen LogP contribution in [0.5, 0.6) is 0 Å². The average molecular weight is 339 g/mol. The summed E-state index contributed by atoms with van der Waals surface area (Å²) in [5.41, 5.74) is 0.821. The quantitative estimate of drug-likeness (QED) is 0.867. The highest BCUT2D eigenvalue weighted by Gasteiger charge is 2.40. The van der Waals surface area contributed by atoms with Gasteiger partial charge in [0.2, 0.25) is 5.91 Å². The third-order valence-corrected chi connectivity index (χ3v) is 4.40. The predicted octanol–water partition coefficient (Wildman–Crippen LogP) is 2.54.